The summed E-state index contributed by atoms with van der Waals surface area (Å²) in [5.41, 5.74) is 0.529. The number of Topliss-reactive ketones (excluding diaryl/α,β-unsaturated/α-hetero) is 2. The third kappa shape index (κ3) is 4.11. The highest BCUT2D eigenvalue weighted by Gasteiger charge is 2.51. The molecule has 0 N–H and O–H groups in total. The summed E-state index contributed by atoms with van der Waals surface area (Å²) < 4.78 is 10.7. The fourth-order valence-corrected chi connectivity index (χ4v) is 4.14. The first kappa shape index (κ1) is 20.1. The van der Waals surface area contributed by atoms with E-state index in [0.29, 0.717) is 25.7 Å². The smallest absolute Gasteiger partial charge is 0.147 e. The van der Waals surface area contributed by atoms with Gasteiger partial charge in [-0.05, 0) is 53.6 Å². The van der Waals surface area contributed by atoms with E-state index in [1.807, 2.05) is 62.4 Å². The topological polar surface area (TPSA) is 52.6 Å². The van der Waals surface area contributed by atoms with Crippen LogP contribution in [0.4, 0.5) is 0 Å². The van der Waals surface area contributed by atoms with Crippen molar-refractivity contribution >= 4 is 11.6 Å². The minimum Gasteiger partial charge on any atom is -0.497 e. The van der Waals surface area contributed by atoms with Crippen LogP contribution in [0.15, 0.2) is 48.5 Å². The Bertz CT molecular complexity index is 810. The predicted molar refractivity (Wildman–Crippen MR) is 109 cm³/mol. The largest absolute Gasteiger partial charge is 0.497 e. The highest BCUT2D eigenvalue weighted by Crippen LogP contribution is 2.44. The van der Waals surface area contributed by atoms with Gasteiger partial charge in [0.25, 0.3) is 0 Å². The van der Waals surface area contributed by atoms with Crippen LogP contribution in [0.3, 0.4) is 0 Å². The number of carbonyl (C=O) groups excluding carboxylic acids is 2. The molecule has 0 atom stereocenters. The Morgan fingerprint density at radius 2 is 1.21 bits per heavy atom. The van der Waals surface area contributed by atoms with Crippen molar-refractivity contribution in [3.05, 3.63) is 59.7 Å². The van der Waals surface area contributed by atoms with Crippen LogP contribution in [0, 0.1) is 10.8 Å². The van der Waals surface area contributed by atoms with E-state index < -0.39 is 5.41 Å². The first-order valence-electron chi connectivity index (χ1n) is 9.60. The molecule has 1 saturated carbocycles. The van der Waals surface area contributed by atoms with Crippen molar-refractivity contribution in [3.8, 4) is 11.5 Å². The van der Waals surface area contributed by atoms with Crippen LogP contribution in [0.2, 0.25) is 0 Å². The Morgan fingerprint density at radius 3 is 1.61 bits per heavy atom. The maximum Gasteiger partial charge on any atom is 0.147 e. The van der Waals surface area contributed by atoms with Crippen molar-refractivity contribution in [2.75, 3.05) is 14.2 Å². The molecule has 1 fully saturated rings. The number of rotatable bonds is 6. The molecule has 148 valence electrons. The molecule has 0 amide bonds. The van der Waals surface area contributed by atoms with Crippen LogP contribution in [-0.4, -0.2) is 25.8 Å². The SMILES string of the molecule is COc1cccc(CC2(Cc3cccc(OC)c3)C(=O)CC(C)(C)CC2=O)c1. The molecule has 0 radical (unpaired) electrons. The van der Waals surface area contributed by atoms with E-state index >= 15 is 0 Å². The molecule has 28 heavy (non-hydrogen) atoms. The molecule has 0 unspecified atom stereocenters. The summed E-state index contributed by atoms with van der Waals surface area (Å²) in [4.78, 5) is 26.8. The average Bonchev–Trinajstić information content (AvgIpc) is 2.65. The summed E-state index contributed by atoms with van der Waals surface area (Å²) in [5, 5.41) is 0. The molecule has 2 aromatic rings. The van der Waals surface area contributed by atoms with Gasteiger partial charge in [-0.3, -0.25) is 9.59 Å². The highest BCUT2D eigenvalue weighted by atomic mass is 16.5. The zero-order valence-electron chi connectivity index (χ0n) is 17.1. The fourth-order valence-electron chi connectivity index (χ4n) is 4.14. The molecule has 1 aliphatic rings. The summed E-state index contributed by atoms with van der Waals surface area (Å²) in [6, 6.07) is 15.3. The molecule has 0 aliphatic heterocycles. The van der Waals surface area contributed by atoms with E-state index in [1.54, 1.807) is 14.2 Å². The summed E-state index contributed by atoms with van der Waals surface area (Å²) in [6.45, 7) is 3.98. The number of methoxy groups -OCH3 is 2. The number of carbonyl (C=O) groups is 2. The molecule has 0 bridgehead atoms. The van der Waals surface area contributed by atoms with E-state index in [-0.39, 0.29) is 17.0 Å². The number of hydrogen-bond donors (Lipinski definition) is 0. The van der Waals surface area contributed by atoms with Gasteiger partial charge in [-0.2, -0.15) is 0 Å². The van der Waals surface area contributed by atoms with Gasteiger partial charge in [0.1, 0.15) is 23.1 Å². The molecule has 4 heteroatoms. The minimum absolute atomic E-state index is 0.0272. The van der Waals surface area contributed by atoms with Crippen molar-refractivity contribution in [3.63, 3.8) is 0 Å². The molecule has 0 saturated heterocycles. The molecule has 2 aromatic carbocycles. The Hall–Kier alpha value is -2.62. The molecular formula is C24H28O4. The average molecular weight is 380 g/mol. The Morgan fingerprint density at radius 1 is 0.786 bits per heavy atom. The van der Waals surface area contributed by atoms with Crippen LogP contribution in [0.25, 0.3) is 0 Å². The lowest BCUT2D eigenvalue weighted by Gasteiger charge is -2.41. The fraction of sp³-hybridized carbons (Fsp3) is 0.417. The molecule has 1 aliphatic carbocycles. The summed E-state index contributed by atoms with van der Waals surface area (Å²) in [7, 11) is 3.23. The first-order valence-corrected chi connectivity index (χ1v) is 9.60. The van der Waals surface area contributed by atoms with Crippen molar-refractivity contribution in [2.24, 2.45) is 10.8 Å². The van der Waals surface area contributed by atoms with Crippen molar-refractivity contribution in [1.29, 1.82) is 0 Å². The predicted octanol–water partition coefficient (Wildman–Crippen LogP) is 4.43. The van der Waals surface area contributed by atoms with E-state index in [2.05, 4.69) is 0 Å². The Kier molecular flexibility index (Phi) is 5.59. The standard InChI is InChI=1S/C24H28O4/c1-23(2)15-21(25)24(22(26)16-23,13-17-7-5-9-19(11-17)27-3)14-18-8-6-10-20(12-18)28-4/h5-12H,13-16H2,1-4H3. The number of benzene rings is 2. The quantitative estimate of drug-likeness (QED) is 0.696. The Balaban J connectivity index is 2.02. The molecule has 0 heterocycles. The van der Waals surface area contributed by atoms with Gasteiger partial charge in [-0.1, -0.05) is 38.1 Å². The van der Waals surface area contributed by atoms with E-state index in [0.717, 1.165) is 22.6 Å². The molecule has 0 spiro atoms. The van der Waals surface area contributed by atoms with Crippen LogP contribution < -0.4 is 9.47 Å². The number of ether oxygens (including phenoxy) is 2. The maximum atomic E-state index is 13.4. The Labute approximate surface area is 166 Å². The second kappa shape index (κ2) is 7.78. The lowest BCUT2D eigenvalue weighted by atomic mass is 9.59. The number of hydrogen-bond acceptors (Lipinski definition) is 4. The van der Waals surface area contributed by atoms with Gasteiger partial charge in [0, 0.05) is 12.8 Å². The molecular weight excluding hydrogens is 352 g/mol. The maximum absolute atomic E-state index is 13.4. The summed E-state index contributed by atoms with van der Waals surface area (Å²) >= 11 is 0. The zero-order valence-corrected chi connectivity index (χ0v) is 17.1. The number of ketones is 2. The second-order valence-corrected chi connectivity index (χ2v) is 8.50. The highest BCUT2D eigenvalue weighted by molar-refractivity contribution is 6.10. The van der Waals surface area contributed by atoms with Gasteiger partial charge in [-0.15, -0.1) is 0 Å². The van der Waals surface area contributed by atoms with Gasteiger partial charge in [0.2, 0.25) is 0 Å². The molecule has 0 aromatic heterocycles. The normalized spacial score (nSPS) is 18.0. The zero-order chi connectivity index (χ0) is 20.4. The van der Waals surface area contributed by atoms with Gasteiger partial charge in [0.15, 0.2) is 0 Å². The monoisotopic (exact) mass is 380 g/mol. The van der Waals surface area contributed by atoms with Crippen molar-refractivity contribution in [1.82, 2.24) is 0 Å². The van der Waals surface area contributed by atoms with E-state index in [9.17, 15) is 9.59 Å². The van der Waals surface area contributed by atoms with Gasteiger partial charge in [-0.25, -0.2) is 0 Å². The van der Waals surface area contributed by atoms with Crippen LogP contribution in [-0.2, 0) is 22.4 Å². The third-order valence-corrected chi connectivity index (χ3v) is 5.63. The lowest BCUT2D eigenvalue weighted by molar-refractivity contribution is -0.148. The van der Waals surface area contributed by atoms with E-state index in [1.165, 1.54) is 0 Å². The molecule has 4 nitrogen and oxygen atoms in total. The summed E-state index contributed by atoms with van der Waals surface area (Å²) in [5.74, 6) is 1.51. The van der Waals surface area contributed by atoms with Crippen molar-refractivity contribution < 1.29 is 19.1 Å². The summed E-state index contributed by atoms with van der Waals surface area (Å²) in [6.07, 6.45) is 1.59. The second-order valence-electron chi connectivity index (χ2n) is 8.50. The van der Waals surface area contributed by atoms with Gasteiger partial charge < -0.3 is 9.47 Å². The third-order valence-electron chi connectivity index (χ3n) is 5.63. The lowest BCUT2D eigenvalue weighted by Crippen LogP contribution is -2.50. The van der Waals surface area contributed by atoms with Gasteiger partial charge >= 0.3 is 0 Å². The molecule has 3 rings (SSSR count). The minimum atomic E-state index is -1.05. The van der Waals surface area contributed by atoms with Gasteiger partial charge in [0.05, 0.1) is 19.6 Å². The first-order chi connectivity index (χ1) is 13.3. The van der Waals surface area contributed by atoms with E-state index in [4.69, 9.17) is 9.47 Å². The van der Waals surface area contributed by atoms with Crippen LogP contribution in [0.5, 0.6) is 11.5 Å². The van der Waals surface area contributed by atoms with Crippen molar-refractivity contribution in [2.45, 2.75) is 39.5 Å². The van der Waals surface area contributed by atoms with Crippen LogP contribution >= 0.6 is 0 Å². The van der Waals surface area contributed by atoms with Crippen LogP contribution in [0.1, 0.15) is 37.8 Å².